The summed E-state index contributed by atoms with van der Waals surface area (Å²) in [6.07, 6.45) is 2.45. The lowest BCUT2D eigenvalue weighted by molar-refractivity contribution is -0.135. The molecule has 184 valence electrons. The Hall–Kier alpha value is -3.62. The maximum atomic E-state index is 13.9. The van der Waals surface area contributed by atoms with Gasteiger partial charge in [0, 0.05) is 49.9 Å². The smallest absolute Gasteiger partial charge is 0.256 e. The van der Waals surface area contributed by atoms with Crippen molar-refractivity contribution in [3.8, 4) is 11.3 Å². The van der Waals surface area contributed by atoms with Gasteiger partial charge in [0.1, 0.15) is 17.5 Å². The van der Waals surface area contributed by atoms with E-state index in [1.54, 1.807) is 24.1 Å². The zero-order chi connectivity index (χ0) is 24.9. The highest BCUT2D eigenvalue weighted by Crippen LogP contribution is 2.23. The molecule has 6 nitrogen and oxygen atoms in total. The minimum absolute atomic E-state index is 0.0293. The Morgan fingerprint density at radius 2 is 1.71 bits per heavy atom. The van der Waals surface area contributed by atoms with Crippen molar-refractivity contribution in [3.63, 3.8) is 0 Å². The van der Waals surface area contributed by atoms with Crippen LogP contribution in [-0.4, -0.2) is 58.5 Å². The summed E-state index contributed by atoms with van der Waals surface area (Å²) >= 11 is 0. The molecule has 0 atom stereocenters. The van der Waals surface area contributed by atoms with Crippen molar-refractivity contribution in [2.24, 2.45) is 5.92 Å². The van der Waals surface area contributed by atoms with Gasteiger partial charge in [-0.2, -0.15) is 5.10 Å². The van der Waals surface area contributed by atoms with Crippen molar-refractivity contribution in [2.75, 3.05) is 26.7 Å². The Bertz CT molecular complexity index is 1190. The van der Waals surface area contributed by atoms with Crippen LogP contribution in [0, 0.1) is 23.4 Å². The van der Waals surface area contributed by atoms with Crippen LogP contribution in [0.4, 0.5) is 13.2 Å². The maximum absolute atomic E-state index is 13.9. The largest absolute Gasteiger partial charge is 0.346 e. The summed E-state index contributed by atoms with van der Waals surface area (Å²) in [7, 11) is 1.77. The molecule has 2 heterocycles. The number of hydrogen-bond donors (Lipinski definition) is 1. The molecule has 1 aromatic heterocycles. The summed E-state index contributed by atoms with van der Waals surface area (Å²) in [4.78, 5) is 28.7. The molecule has 4 rings (SSSR count). The van der Waals surface area contributed by atoms with Crippen molar-refractivity contribution in [2.45, 2.75) is 25.7 Å². The normalized spacial score (nSPS) is 14.2. The number of carbonyl (C=O) groups excluding carboxylic acids is 2. The first-order chi connectivity index (χ1) is 16.8. The second kappa shape index (κ2) is 10.8. The standard InChI is InChI=1S/C26H27F3N4O2/c1-32(12-2-3-21-16-24(31-30-21)17-4-6-19(27)7-5-17)25(34)18-10-13-33(14-11-18)26(35)22-9-8-20(28)15-23(22)29/h4-9,15-16,18H,2-3,10-14H2,1H3,(H,30,31). The van der Waals surface area contributed by atoms with Crippen LogP contribution in [0.25, 0.3) is 11.3 Å². The minimum atomic E-state index is -0.880. The van der Waals surface area contributed by atoms with Gasteiger partial charge in [0.25, 0.3) is 5.91 Å². The van der Waals surface area contributed by atoms with Crippen molar-refractivity contribution in [3.05, 3.63) is 77.2 Å². The van der Waals surface area contributed by atoms with Gasteiger partial charge < -0.3 is 9.80 Å². The average Bonchev–Trinajstić information content (AvgIpc) is 3.32. The number of hydrogen-bond acceptors (Lipinski definition) is 3. The van der Waals surface area contributed by atoms with Crippen molar-refractivity contribution in [1.29, 1.82) is 0 Å². The number of carbonyl (C=O) groups is 2. The number of piperidine rings is 1. The number of nitrogens with one attached hydrogen (secondary N) is 1. The number of rotatable bonds is 7. The van der Waals surface area contributed by atoms with Crippen molar-refractivity contribution < 1.29 is 22.8 Å². The molecule has 1 saturated heterocycles. The summed E-state index contributed by atoms with van der Waals surface area (Å²) in [5, 5.41) is 7.26. The third-order valence-corrected chi connectivity index (χ3v) is 6.38. The van der Waals surface area contributed by atoms with Gasteiger partial charge in [-0.15, -0.1) is 0 Å². The van der Waals surface area contributed by atoms with E-state index in [1.807, 2.05) is 6.07 Å². The highest BCUT2D eigenvalue weighted by Gasteiger charge is 2.30. The van der Waals surface area contributed by atoms with Crippen LogP contribution in [0.5, 0.6) is 0 Å². The molecule has 2 amide bonds. The topological polar surface area (TPSA) is 69.3 Å². The van der Waals surface area contributed by atoms with Crippen LogP contribution in [0.3, 0.4) is 0 Å². The van der Waals surface area contributed by atoms with Crippen LogP contribution in [0.1, 0.15) is 35.3 Å². The first-order valence-electron chi connectivity index (χ1n) is 11.6. The fraction of sp³-hybridized carbons (Fsp3) is 0.346. The van der Waals surface area contributed by atoms with Gasteiger partial charge in [-0.05, 0) is 68.1 Å². The second-order valence-electron chi connectivity index (χ2n) is 8.84. The highest BCUT2D eigenvalue weighted by molar-refractivity contribution is 5.94. The Kier molecular flexibility index (Phi) is 7.53. The number of aromatic nitrogens is 2. The Morgan fingerprint density at radius 3 is 2.40 bits per heavy atom. The molecule has 9 heteroatoms. The van der Waals surface area contributed by atoms with Gasteiger partial charge in [-0.1, -0.05) is 0 Å². The van der Waals surface area contributed by atoms with Gasteiger partial charge in [0.2, 0.25) is 5.91 Å². The minimum Gasteiger partial charge on any atom is -0.346 e. The molecule has 1 fully saturated rings. The van der Waals surface area contributed by atoms with E-state index in [0.717, 1.165) is 35.5 Å². The first-order valence-corrected chi connectivity index (χ1v) is 11.6. The lowest BCUT2D eigenvalue weighted by atomic mass is 9.94. The van der Waals surface area contributed by atoms with E-state index in [1.165, 1.54) is 17.0 Å². The predicted molar refractivity (Wildman–Crippen MR) is 125 cm³/mol. The lowest BCUT2D eigenvalue weighted by Crippen LogP contribution is -2.43. The number of amides is 2. The Labute approximate surface area is 201 Å². The van der Waals surface area contributed by atoms with Crippen LogP contribution in [0.15, 0.2) is 48.5 Å². The van der Waals surface area contributed by atoms with Gasteiger partial charge in [-0.25, -0.2) is 13.2 Å². The van der Waals surface area contributed by atoms with Gasteiger partial charge in [0.05, 0.1) is 11.3 Å². The summed E-state index contributed by atoms with van der Waals surface area (Å²) in [6, 6.07) is 11.0. The number of benzene rings is 2. The molecule has 35 heavy (non-hydrogen) atoms. The molecule has 3 aromatic rings. The average molecular weight is 485 g/mol. The molecule has 0 saturated carbocycles. The fourth-order valence-corrected chi connectivity index (χ4v) is 4.35. The van der Waals surface area contributed by atoms with Crippen LogP contribution >= 0.6 is 0 Å². The molecule has 1 aliphatic rings. The molecular formula is C26H27F3N4O2. The van der Waals surface area contributed by atoms with E-state index in [-0.39, 0.29) is 23.2 Å². The number of likely N-dealkylation sites (tertiary alicyclic amines) is 1. The first kappa shape index (κ1) is 24.5. The molecule has 0 aliphatic carbocycles. The number of H-pyrrole nitrogens is 1. The molecule has 0 radical (unpaired) electrons. The Morgan fingerprint density at radius 1 is 1.03 bits per heavy atom. The van der Waals surface area contributed by atoms with Crippen molar-refractivity contribution in [1.82, 2.24) is 20.0 Å². The molecule has 1 aliphatic heterocycles. The number of halogens is 3. The van der Waals surface area contributed by atoms with Crippen molar-refractivity contribution >= 4 is 11.8 Å². The lowest BCUT2D eigenvalue weighted by Gasteiger charge is -2.33. The van der Waals surface area contributed by atoms with Gasteiger partial charge in [-0.3, -0.25) is 14.7 Å². The van der Waals surface area contributed by atoms with Crippen LogP contribution < -0.4 is 0 Å². The third-order valence-electron chi connectivity index (χ3n) is 6.38. The molecule has 2 aromatic carbocycles. The summed E-state index contributed by atoms with van der Waals surface area (Å²) in [5.74, 6) is -2.55. The molecule has 1 N–H and O–H groups in total. The van der Waals surface area contributed by atoms with Gasteiger partial charge >= 0.3 is 0 Å². The Balaban J connectivity index is 1.22. The van der Waals surface area contributed by atoms with E-state index in [9.17, 15) is 22.8 Å². The van der Waals surface area contributed by atoms with Crippen LogP contribution in [0.2, 0.25) is 0 Å². The van der Waals surface area contributed by atoms with Crippen LogP contribution in [-0.2, 0) is 11.2 Å². The van der Waals surface area contributed by atoms with E-state index in [0.29, 0.717) is 45.0 Å². The molecule has 0 spiro atoms. The van der Waals surface area contributed by atoms with E-state index < -0.39 is 17.5 Å². The summed E-state index contributed by atoms with van der Waals surface area (Å²) < 4.78 is 40.2. The zero-order valence-corrected chi connectivity index (χ0v) is 19.4. The molecule has 0 bridgehead atoms. The molecule has 0 unspecified atom stereocenters. The summed E-state index contributed by atoms with van der Waals surface area (Å²) in [6.45, 7) is 1.27. The number of aromatic amines is 1. The SMILES string of the molecule is CN(CCCc1cc(-c2ccc(F)cc2)n[nH]1)C(=O)C1CCN(C(=O)c2ccc(F)cc2F)CC1. The number of aryl methyl sites for hydroxylation is 1. The number of nitrogens with zero attached hydrogens (tertiary/aromatic N) is 3. The summed E-state index contributed by atoms with van der Waals surface area (Å²) in [5.41, 5.74) is 2.35. The van der Waals surface area contributed by atoms with E-state index in [4.69, 9.17) is 0 Å². The third kappa shape index (κ3) is 5.90. The quantitative estimate of drug-likeness (QED) is 0.539. The molecular weight excluding hydrogens is 457 g/mol. The monoisotopic (exact) mass is 484 g/mol. The fourth-order valence-electron chi connectivity index (χ4n) is 4.35. The van der Waals surface area contributed by atoms with E-state index >= 15 is 0 Å². The van der Waals surface area contributed by atoms with E-state index in [2.05, 4.69) is 10.2 Å². The maximum Gasteiger partial charge on any atom is 0.256 e. The highest BCUT2D eigenvalue weighted by atomic mass is 19.1. The second-order valence-corrected chi connectivity index (χ2v) is 8.84. The van der Waals surface area contributed by atoms with Gasteiger partial charge in [0.15, 0.2) is 0 Å². The predicted octanol–water partition coefficient (Wildman–Crippen LogP) is 4.44. The zero-order valence-electron chi connectivity index (χ0n) is 19.4.